The number of amides is 2. The number of ether oxygens (including phenoxy) is 3. The van der Waals surface area contributed by atoms with Gasteiger partial charge in [0.25, 0.3) is 0 Å². The normalized spacial score (nSPS) is 21.8. The lowest BCUT2D eigenvalue weighted by Gasteiger charge is -2.38. The zero-order valence-electron chi connectivity index (χ0n) is 21.4. The summed E-state index contributed by atoms with van der Waals surface area (Å²) < 4.78 is 17.4. The van der Waals surface area contributed by atoms with Gasteiger partial charge in [-0.15, -0.1) is 0 Å². The van der Waals surface area contributed by atoms with E-state index in [2.05, 4.69) is 27.4 Å². The second-order valence-corrected chi connectivity index (χ2v) is 9.77. The predicted octanol–water partition coefficient (Wildman–Crippen LogP) is 2.63. The Morgan fingerprint density at radius 2 is 1.92 bits per heavy atom. The second-order valence-electron chi connectivity index (χ2n) is 9.77. The summed E-state index contributed by atoms with van der Waals surface area (Å²) in [5.74, 6) is 1.13. The molecule has 2 fully saturated rings. The summed E-state index contributed by atoms with van der Waals surface area (Å²) >= 11 is 0. The molecule has 4 heterocycles. The standard InChI is InChI=1S/C26H36N6O4/c1-4-27-25(33)28-20-7-5-19(6-8-20)23-29-22-15-31(17-26(3)35-13-14-36-26)10-9-21(22)24(30-23)32-11-12-34-16-18(32)2/h5-8,18H,4,9-17H2,1-3H3,(H2,27,28,33)/t18-/m0/s1. The molecular formula is C26H36N6O4. The molecule has 5 rings (SSSR count). The van der Waals surface area contributed by atoms with Crippen LogP contribution in [0.1, 0.15) is 32.0 Å². The average molecular weight is 497 g/mol. The van der Waals surface area contributed by atoms with Crippen molar-refractivity contribution in [3.8, 4) is 11.4 Å². The summed E-state index contributed by atoms with van der Waals surface area (Å²) in [5, 5.41) is 5.58. The van der Waals surface area contributed by atoms with Crippen LogP contribution in [0, 0.1) is 0 Å². The molecule has 36 heavy (non-hydrogen) atoms. The Morgan fingerprint density at radius 1 is 1.14 bits per heavy atom. The highest BCUT2D eigenvalue weighted by molar-refractivity contribution is 5.89. The fraction of sp³-hybridized carbons (Fsp3) is 0.577. The maximum absolute atomic E-state index is 11.9. The smallest absolute Gasteiger partial charge is 0.319 e. The van der Waals surface area contributed by atoms with Gasteiger partial charge in [-0.25, -0.2) is 14.8 Å². The number of benzene rings is 1. The van der Waals surface area contributed by atoms with Gasteiger partial charge in [0.1, 0.15) is 5.82 Å². The minimum atomic E-state index is -0.568. The molecule has 0 bridgehead atoms. The molecule has 2 N–H and O–H groups in total. The molecule has 0 unspecified atom stereocenters. The Bertz CT molecular complexity index is 1070. The Labute approximate surface area is 212 Å². The highest BCUT2D eigenvalue weighted by Gasteiger charge is 2.36. The number of anilines is 2. The molecule has 10 nitrogen and oxygen atoms in total. The number of fused-ring (bicyclic) bond motifs is 1. The highest BCUT2D eigenvalue weighted by Crippen LogP contribution is 2.32. The van der Waals surface area contributed by atoms with Crippen LogP contribution in [-0.4, -0.2) is 85.3 Å². The Kier molecular flexibility index (Phi) is 7.38. The van der Waals surface area contributed by atoms with Gasteiger partial charge in [0.15, 0.2) is 11.6 Å². The molecule has 1 aromatic heterocycles. The second kappa shape index (κ2) is 10.7. The summed E-state index contributed by atoms with van der Waals surface area (Å²) in [6.45, 7) is 12.4. The van der Waals surface area contributed by atoms with E-state index in [1.807, 2.05) is 38.1 Å². The molecule has 3 aliphatic heterocycles. The van der Waals surface area contributed by atoms with Gasteiger partial charge in [-0.2, -0.15) is 0 Å². The van der Waals surface area contributed by atoms with E-state index < -0.39 is 5.79 Å². The molecule has 0 saturated carbocycles. The van der Waals surface area contributed by atoms with Crippen LogP contribution in [0.5, 0.6) is 0 Å². The monoisotopic (exact) mass is 496 g/mol. The predicted molar refractivity (Wildman–Crippen MR) is 137 cm³/mol. The third kappa shape index (κ3) is 5.46. The number of nitrogens with one attached hydrogen (secondary N) is 2. The van der Waals surface area contributed by atoms with Gasteiger partial charge >= 0.3 is 6.03 Å². The number of hydrogen-bond donors (Lipinski definition) is 2. The van der Waals surface area contributed by atoms with Crippen molar-refractivity contribution in [1.29, 1.82) is 0 Å². The summed E-state index contributed by atoms with van der Waals surface area (Å²) in [6, 6.07) is 7.70. The van der Waals surface area contributed by atoms with E-state index in [1.165, 1.54) is 5.56 Å². The van der Waals surface area contributed by atoms with Crippen molar-refractivity contribution in [3.05, 3.63) is 35.5 Å². The minimum Gasteiger partial charge on any atom is -0.377 e. The first-order valence-electron chi connectivity index (χ1n) is 12.8. The molecule has 0 radical (unpaired) electrons. The molecule has 1 atom stereocenters. The number of aromatic nitrogens is 2. The first-order chi connectivity index (χ1) is 17.4. The van der Waals surface area contributed by atoms with E-state index >= 15 is 0 Å². The van der Waals surface area contributed by atoms with Crippen LogP contribution in [0.25, 0.3) is 11.4 Å². The van der Waals surface area contributed by atoms with E-state index in [9.17, 15) is 4.79 Å². The van der Waals surface area contributed by atoms with Crippen LogP contribution < -0.4 is 15.5 Å². The van der Waals surface area contributed by atoms with E-state index in [-0.39, 0.29) is 12.1 Å². The van der Waals surface area contributed by atoms with E-state index in [4.69, 9.17) is 24.2 Å². The molecule has 0 spiro atoms. The topological polar surface area (TPSA) is 101 Å². The van der Waals surface area contributed by atoms with E-state index in [1.54, 1.807) is 0 Å². The summed E-state index contributed by atoms with van der Waals surface area (Å²) in [5.41, 5.74) is 3.90. The highest BCUT2D eigenvalue weighted by atomic mass is 16.7. The number of nitrogens with zero attached hydrogens (tertiary/aromatic N) is 4. The molecular weight excluding hydrogens is 460 g/mol. The number of urea groups is 1. The van der Waals surface area contributed by atoms with Gasteiger partial charge in [0.2, 0.25) is 0 Å². The minimum absolute atomic E-state index is 0.220. The molecule has 10 heteroatoms. The van der Waals surface area contributed by atoms with Crippen LogP contribution in [0.15, 0.2) is 24.3 Å². The molecule has 194 valence electrons. The fourth-order valence-corrected chi connectivity index (χ4v) is 5.10. The Morgan fingerprint density at radius 3 is 2.64 bits per heavy atom. The lowest BCUT2D eigenvalue weighted by Crippen LogP contribution is -2.47. The Balaban J connectivity index is 1.44. The van der Waals surface area contributed by atoms with Crippen LogP contribution in [-0.2, 0) is 27.2 Å². The van der Waals surface area contributed by atoms with Crippen molar-refractivity contribution in [2.45, 2.75) is 45.6 Å². The fourth-order valence-electron chi connectivity index (χ4n) is 5.10. The lowest BCUT2D eigenvalue weighted by molar-refractivity contribution is -0.157. The van der Waals surface area contributed by atoms with Crippen LogP contribution in [0.3, 0.4) is 0 Å². The number of carbonyl (C=O) groups is 1. The summed E-state index contributed by atoms with van der Waals surface area (Å²) in [4.78, 5) is 26.7. The molecule has 2 amide bonds. The molecule has 3 aliphatic rings. The maximum Gasteiger partial charge on any atom is 0.319 e. The third-order valence-corrected chi connectivity index (χ3v) is 6.91. The molecule has 2 aromatic rings. The number of hydrogen-bond acceptors (Lipinski definition) is 8. The summed E-state index contributed by atoms with van der Waals surface area (Å²) in [6.07, 6.45) is 0.875. The molecule has 1 aromatic carbocycles. The zero-order valence-corrected chi connectivity index (χ0v) is 21.4. The van der Waals surface area contributed by atoms with Crippen LogP contribution >= 0.6 is 0 Å². The van der Waals surface area contributed by atoms with Gasteiger partial charge < -0.3 is 29.7 Å². The number of rotatable bonds is 6. The van der Waals surface area contributed by atoms with Gasteiger partial charge in [0, 0.05) is 43.0 Å². The first kappa shape index (κ1) is 24.9. The number of morpholine rings is 1. The molecule has 2 saturated heterocycles. The molecule has 0 aliphatic carbocycles. The Hall–Kier alpha value is -2.79. The van der Waals surface area contributed by atoms with Crippen molar-refractivity contribution in [1.82, 2.24) is 20.2 Å². The van der Waals surface area contributed by atoms with Crippen molar-refractivity contribution in [2.24, 2.45) is 0 Å². The van der Waals surface area contributed by atoms with Crippen molar-refractivity contribution in [3.63, 3.8) is 0 Å². The van der Waals surface area contributed by atoms with Crippen LogP contribution in [0.2, 0.25) is 0 Å². The average Bonchev–Trinajstić information content (AvgIpc) is 3.30. The first-order valence-corrected chi connectivity index (χ1v) is 12.8. The lowest BCUT2D eigenvalue weighted by atomic mass is 10.0. The van der Waals surface area contributed by atoms with Gasteiger partial charge in [-0.1, -0.05) is 0 Å². The van der Waals surface area contributed by atoms with Crippen molar-refractivity contribution < 1.29 is 19.0 Å². The largest absolute Gasteiger partial charge is 0.377 e. The van der Waals surface area contributed by atoms with Gasteiger partial charge in [-0.05, 0) is 51.5 Å². The van der Waals surface area contributed by atoms with Crippen LogP contribution in [0.4, 0.5) is 16.3 Å². The SMILES string of the molecule is CCNC(=O)Nc1ccc(-c2nc3c(c(N4CCOC[C@@H]4C)n2)CCN(CC2(C)OCCO2)C3)cc1. The van der Waals surface area contributed by atoms with Gasteiger partial charge in [0.05, 0.1) is 44.7 Å². The van der Waals surface area contributed by atoms with Gasteiger partial charge in [-0.3, -0.25) is 4.90 Å². The number of carbonyl (C=O) groups excluding carboxylic acids is 1. The van der Waals surface area contributed by atoms with Crippen molar-refractivity contribution >= 4 is 17.5 Å². The van der Waals surface area contributed by atoms with E-state index in [0.29, 0.717) is 45.3 Å². The quantitative estimate of drug-likeness (QED) is 0.630. The summed E-state index contributed by atoms with van der Waals surface area (Å²) in [7, 11) is 0. The van der Waals surface area contributed by atoms with E-state index in [0.717, 1.165) is 48.8 Å². The third-order valence-electron chi connectivity index (χ3n) is 6.91. The maximum atomic E-state index is 11.9. The zero-order chi connectivity index (χ0) is 25.1. The van der Waals surface area contributed by atoms with Crippen molar-refractivity contribution in [2.75, 3.05) is 62.8 Å².